The predicted molar refractivity (Wildman–Crippen MR) is 82.8 cm³/mol. The van der Waals surface area contributed by atoms with Gasteiger partial charge in [0.2, 0.25) is 5.91 Å². The van der Waals surface area contributed by atoms with Gasteiger partial charge in [0.1, 0.15) is 0 Å². The third-order valence-corrected chi connectivity index (χ3v) is 3.88. The van der Waals surface area contributed by atoms with E-state index in [-0.39, 0.29) is 5.91 Å². The molecule has 3 rings (SSSR count). The highest BCUT2D eigenvalue weighted by atomic mass is 32.1. The maximum absolute atomic E-state index is 10.9. The summed E-state index contributed by atoms with van der Waals surface area (Å²) in [5.41, 5.74) is 3.04. The van der Waals surface area contributed by atoms with Gasteiger partial charge in [0.15, 0.2) is 10.8 Å². The molecule has 1 aromatic carbocycles. The second kappa shape index (κ2) is 5.93. The summed E-state index contributed by atoms with van der Waals surface area (Å²) in [5, 5.41) is 5.67. The molecule has 0 aliphatic heterocycles. The largest absolute Gasteiger partial charge is 0.462 e. The maximum Gasteiger partial charge on any atom is 0.217 e. The Balaban J connectivity index is 1.76. The second-order valence-corrected chi connectivity index (χ2v) is 5.48. The van der Waals surface area contributed by atoms with E-state index in [1.54, 1.807) is 17.6 Å². The van der Waals surface area contributed by atoms with Crippen LogP contribution in [0.5, 0.6) is 0 Å². The van der Waals surface area contributed by atoms with Crippen LogP contribution in [0.2, 0.25) is 0 Å². The second-order valence-electron chi connectivity index (χ2n) is 4.62. The third kappa shape index (κ3) is 3.20. The van der Waals surface area contributed by atoms with Crippen LogP contribution >= 0.6 is 11.3 Å². The van der Waals surface area contributed by atoms with Crippen LogP contribution in [0.4, 0.5) is 0 Å². The average molecular weight is 298 g/mol. The zero-order valence-corrected chi connectivity index (χ0v) is 12.3. The maximum atomic E-state index is 10.9. The van der Waals surface area contributed by atoms with Gasteiger partial charge in [-0.1, -0.05) is 24.3 Å². The van der Waals surface area contributed by atoms with Crippen LogP contribution in [0.3, 0.4) is 0 Å². The molecule has 0 radical (unpaired) electrons. The minimum absolute atomic E-state index is 0.0262. The molecule has 0 bridgehead atoms. The number of aromatic nitrogens is 1. The average Bonchev–Trinajstić information content (AvgIpc) is 3.16. The van der Waals surface area contributed by atoms with Crippen LogP contribution in [-0.2, 0) is 11.3 Å². The quantitative estimate of drug-likeness (QED) is 0.799. The Morgan fingerprint density at radius 1 is 1.29 bits per heavy atom. The van der Waals surface area contributed by atoms with Crippen molar-refractivity contribution >= 4 is 17.2 Å². The highest BCUT2D eigenvalue weighted by molar-refractivity contribution is 7.13. The molecule has 0 spiro atoms. The van der Waals surface area contributed by atoms with Crippen molar-refractivity contribution in [1.29, 1.82) is 0 Å². The molecule has 0 aliphatic carbocycles. The minimum Gasteiger partial charge on any atom is -0.462 e. The van der Waals surface area contributed by atoms with E-state index in [4.69, 9.17) is 4.42 Å². The summed E-state index contributed by atoms with van der Waals surface area (Å²) in [6, 6.07) is 11.8. The number of rotatable bonds is 4. The summed E-state index contributed by atoms with van der Waals surface area (Å²) in [4.78, 5) is 15.5. The molecule has 2 heterocycles. The Morgan fingerprint density at radius 3 is 2.76 bits per heavy atom. The van der Waals surface area contributed by atoms with Gasteiger partial charge < -0.3 is 9.73 Å². The molecule has 1 N–H and O–H groups in total. The number of carbonyl (C=O) groups is 1. The monoisotopic (exact) mass is 298 g/mol. The summed E-state index contributed by atoms with van der Waals surface area (Å²) < 4.78 is 5.35. The Kier molecular flexibility index (Phi) is 3.83. The fraction of sp³-hybridized carbons (Fsp3) is 0.125. The molecule has 1 amide bonds. The van der Waals surface area contributed by atoms with Crippen LogP contribution in [0.1, 0.15) is 12.5 Å². The van der Waals surface area contributed by atoms with E-state index in [0.29, 0.717) is 6.54 Å². The summed E-state index contributed by atoms with van der Waals surface area (Å²) >= 11 is 1.56. The zero-order chi connectivity index (χ0) is 14.7. The first-order chi connectivity index (χ1) is 10.2. The van der Waals surface area contributed by atoms with Crippen molar-refractivity contribution in [3.05, 3.63) is 53.6 Å². The first-order valence-electron chi connectivity index (χ1n) is 6.55. The molecule has 0 aliphatic rings. The Bertz CT molecular complexity index is 730. The number of amides is 1. The molecule has 0 fully saturated rings. The van der Waals surface area contributed by atoms with Crippen molar-refractivity contribution < 1.29 is 9.21 Å². The lowest BCUT2D eigenvalue weighted by Gasteiger charge is -2.03. The number of carbonyl (C=O) groups excluding carboxylic acids is 1. The Hall–Kier alpha value is -2.40. The standard InChI is InChI=1S/C16H14N2O2S/c1-11(19)17-9-12-4-6-13(7-5-12)14-10-21-16(18-14)15-3-2-8-20-15/h2-8,10H,9H2,1H3,(H,17,19). The molecule has 0 unspecified atom stereocenters. The van der Waals surface area contributed by atoms with Crippen LogP contribution in [0.15, 0.2) is 52.5 Å². The number of hydrogen-bond acceptors (Lipinski definition) is 4. The lowest BCUT2D eigenvalue weighted by molar-refractivity contribution is -0.119. The number of thiazole rings is 1. The highest BCUT2D eigenvalue weighted by Crippen LogP contribution is 2.29. The lowest BCUT2D eigenvalue weighted by Crippen LogP contribution is -2.18. The fourth-order valence-corrected chi connectivity index (χ4v) is 2.74. The summed E-state index contributed by atoms with van der Waals surface area (Å²) in [6.45, 7) is 2.06. The van der Waals surface area contributed by atoms with Crippen LogP contribution in [0.25, 0.3) is 22.0 Å². The van der Waals surface area contributed by atoms with Crippen molar-refractivity contribution in [1.82, 2.24) is 10.3 Å². The molecular weight excluding hydrogens is 284 g/mol. The highest BCUT2D eigenvalue weighted by Gasteiger charge is 2.08. The van der Waals surface area contributed by atoms with Gasteiger partial charge in [-0.25, -0.2) is 4.98 Å². The molecule has 106 valence electrons. The lowest BCUT2D eigenvalue weighted by atomic mass is 10.1. The molecule has 0 saturated heterocycles. The third-order valence-electron chi connectivity index (χ3n) is 3.03. The van der Waals surface area contributed by atoms with Gasteiger partial charge in [0.25, 0.3) is 0 Å². The van der Waals surface area contributed by atoms with Gasteiger partial charge in [0, 0.05) is 24.4 Å². The summed E-state index contributed by atoms with van der Waals surface area (Å²) in [6.07, 6.45) is 1.65. The van der Waals surface area contributed by atoms with Crippen molar-refractivity contribution in [3.8, 4) is 22.0 Å². The van der Waals surface area contributed by atoms with E-state index in [2.05, 4.69) is 10.3 Å². The first-order valence-corrected chi connectivity index (χ1v) is 7.43. The zero-order valence-electron chi connectivity index (χ0n) is 11.5. The molecule has 0 atom stereocenters. The van der Waals surface area contributed by atoms with Crippen molar-refractivity contribution in [2.24, 2.45) is 0 Å². The number of nitrogens with one attached hydrogen (secondary N) is 1. The van der Waals surface area contributed by atoms with Crippen molar-refractivity contribution in [2.45, 2.75) is 13.5 Å². The molecule has 2 aromatic heterocycles. The number of nitrogens with zero attached hydrogens (tertiary/aromatic N) is 1. The van der Waals surface area contributed by atoms with Crippen LogP contribution < -0.4 is 5.32 Å². The van der Waals surface area contributed by atoms with Crippen LogP contribution in [-0.4, -0.2) is 10.9 Å². The van der Waals surface area contributed by atoms with Crippen LogP contribution in [0, 0.1) is 0 Å². The fourth-order valence-electron chi connectivity index (χ4n) is 1.94. The number of hydrogen-bond donors (Lipinski definition) is 1. The Labute approximate surface area is 126 Å². The van der Waals surface area contributed by atoms with Gasteiger partial charge >= 0.3 is 0 Å². The van der Waals surface area contributed by atoms with Gasteiger partial charge in [-0.05, 0) is 17.7 Å². The summed E-state index contributed by atoms with van der Waals surface area (Å²) in [7, 11) is 0. The van der Waals surface area contributed by atoms with E-state index in [0.717, 1.165) is 27.6 Å². The predicted octanol–water partition coefficient (Wildman–Crippen LogP) is 3.71. The van der Waals surface area contributed by atoms with E-state index in [1.165, 1.54) is 6.92 Å². The Morgan fingerprint density at radius 2 is 2.10 bits per heavy atom. The SMILES string of the molecule is CC(=O)NCc1ccc(-c2csc(-c3ccco3)n2)cc1. The number of furan rings is 1. The topological polar surface area (TPSA) is 55.1 Å². The normalized spacial score (nSPS) is 10.5. The van der Waals surface area contributed by atoms with Gasteiger partial charge in [-0.15, -0.1) is 11.3 Å². The molecular formula is C16H14N2O2S. The van der Waals surface area contributed by atoms with Crippen molar-refractivity contribution in [3.63, 3.8) is 0 Å². The molecule has 5 heteroatoms. The van der Waals surface area contributed by atoms with E-state index >= 15 is 0 Å². The molecule has 3 aromatic rings. The minimum atomic E-state index is -0.0262. The van der Waals surface area contributed by atoms with Crippen molar-refractivity contribution in [2.75, 3.05) is 0 Å². The first kappa shape index (κ1) is 13.6. The van der Waals surface area contributed by atoms with Gasteiger partial charge in [0.05, 0.1) is 12.0 Å². The van der Waals surface area contributed by atoms with E-state index in [9.17, 15) is 4.79 Å². The number of benzene rings is 1. The molecule has 0 saturated carbocycles. The van der Waals surface area contributed by atoms with Gasteiger partial charge in [-0.2, -0.15) is 0 Å². The smallest absolute Gasteiger partial charge is 0.217 e. The van der Waals surface area contributed by atoms with E-state index in [1.807, 2.05) is 41.8 Å². The molecule has 4 nitrogen and oxygen atoms in total. The molecule has 21 heavy (non-hydrogen) atoms. The van der Waals surface area contributed by atoms with E-state index < -0.39 is 0 Å². The van der Waals surface area contributed by atoms with Gasteiger partial charge in [-0.3, -0.25) is 4.79 Å². The summed E-state index contributed by atoms with van der Waals surface area (Å²) in [5.74, 6) is 0.759.